The molecule has 1 spiro atoms. The number of piperidine rings is 1. The van der Waals surface area contributed by atoms with Gasteiger partial charge in [-0.2, -0.15) is 0 Å². The van der Waals surface area contributed by atoms with Crippen LogP contribution in [0.4, 0.5) is 0 Å². The largest absolute Gasteiger partial charge is 0.371 e. The number of hydrogen-bond donors (Lipinski definition) is 0. The number of morpholine rings is 1. The van der Waals surface area contributed by atoms with Crippen LogP contribution >= 0.6 is 0 Å². The van der Waals surface area contributed by atoms with Gasteiger partial charge in [0.1, 0.15) is 0 Å². The molecular formula is C19H30N4O2. The number of aryl methyl sites for hydroxylation is 1. The number of hydrogen-bond acceptors (Lipinski definition) is 5. The maximum Gasteiger partial charge on any atom is 0.236 e. The Kier molecular flexibility index (Phi) is 5.71. The van der Waals surface area contributed by atoms with Crippen LogP contribution in [0.1, 0.15) is 24.2 Å². The average molecular weight is 346 g/mol. The van der Waals surface area contributed by atoms with Crippen LogP contribution in [0.25, 0.3) is 0 Å². The monoisotopic (exact) mass is 346 g/mol. The van der Waals surface area contributed by atoms with Gasteiger partial charge in [0.05, 0.1) is 24.4 Å². The van der Waals surface area contributed by atoms with Gasteiger partial charge in [-0.25, -0.2) is 0 Å². The highest BCUT2D eigenvalue weighted by molar-refractivity contribution is 5.77. The molecule has 0 radical (unpaired) electrons. The third-order valence-electron chi connectivity index (χ3n) is 5.14. The Labute approximate surface area is 150 Å². The van der Waals surface area contributed by atoms with Crippen molar-refractivity contribution in [3.63, 3.8) is 0 Å². The lowest BCUT2D eigenvalue weighted by Crippen LogP contribution is -2.60. The van der Waals surface area contributed by atoms with Gasteiger partial charge in [0.2, 0.25) is 5.91 Å². The fraction of sp³-hybridized carbons (Fsp3) is 0.684. The van der Waals surface area contributed by atoms with Crippen LogP contribution in [0.15, 0.2) is 18.2 Å². The molecule has 25 heavy (non-hydrogen) atoms. The number of carbonyl (C=O) groups is 1. The molecule has 2 aliphatic heterocycles. The first-order valence-electron chi connectivity index (χ1n) is 9.17. The van der Waals surface area contributed by atoms with E-state index in [1.807, 2.05) is 27.1 Å². The van der Waals surface area contributed by atoms with Crippen molar-refractivity contribution >= 4 is 5.91 Å². The molecule has 3 heterocycles. The fourth-order valence-corrected chi connectivity index (χ4v) is 3.88. The standard InChI is InChI=1S/C19H30N4O2/c1-16-6-4-7-17(20-16)12-23-10-11-25-19(15-23)8-5-9-22(14-19)13-18(24)21(2)3/h4,6-7H,5,8-15H2,1-3H3/t19-/m1/s1. The molecule has 0 saturated carbocycles. The number of ether oxygens (including phenoxy) is 1. The Bertz CT molecular complexity index is 603. The van der Waals surface area contributed by atoms with Gasteiger partial charge in [0.25, 0.3) is 0 Å². The van der Waals surface area contributed by atoms with Gasteiger partial charge < -0.3 is 9.64 Å². The number of pyridine rings is 1. The highest BCUT2D eigenvalue weighted by atomic mass is 16.5. The van der Waals surface area contributed by atoms with Crippen LogP contribution in [-0.2, 0) is 16.1 Å². The lowest BCUT2D eigenvalue weighted by atomic mass is 9.90. The molecule has 0 aliphatic carbocycles. The van der Waals surface area contributed by atoms with Gasteiger partial charge >= 0.3 is 0 Å². The summed E-state index contributed by atoms with van der Waals surface area (Å²) in [4.78, 5) is 23.0. The molecule has 2 aliphatic rings. The molecule has 6 heteroatoms. The third-order valence-corrected chi connectivity index (χ3v) is 5.14. The van der Waals surface area contributed by atoms with Crippen molar-refractivity contribution in [1.82, 2.24) is 19.7 Å². The van der Waals surface area contributed by atoms with Gasteiger partial charge in [-0.3, -0.25) is 19.6 Å². The minimum Gasteiger partial charge on any atom is -0.371 e. The Hall–Kier alpha value is -1.50. The topological polar surface area (TPSA) is 48.9 Å². The predicted octanol–water partition coefficient (Wildman–Crippen LogP) is 1.15. The van der Waals surface area contributed by atoms with Gasteiger partial charge in [-0.15, -0.1) is 0 Å². The first kappa shape index (κ1) is 18.3. The zero-order valence-electron chi connectivity index (χ0n) is 15.7. The second kappa shape index (κ2) is 7.81. The molecule has 3 rings (SSSR count). The van der Waals surface area contributed by atoms with E-state index >= 15 is 0 Å². The van der Waals surface area contributed by atoms with Crippen LogP contribution in [0.5, 0.6) is 0 Å². The van der Waals surface area contributed by atoms with Crippen molar-refractivity contribution in [1.29, 1.82) is 0 Å². The van der Waals surface area contributed by atoms with E-state index in [4.69, 9.17) is 4.74 Å². The van der Waals surface area contributed by atoms with Crippen molar-refractivity contribution in [3.05, 3.63) is 29.6 Å². The van der Waals surface area contributed by atoms with E-state index in [0.717, 1.165) is 63.6 Å². The normalized spacial score (nSPS) is 25.2. The van der Waals surface area contributed by atoms with Gasteiger partial charge in [-0.1, -0.05) is 6.07 Å². The summed E-state index contributed by atoms with van der Waals surface area (Å²) < 4.78 is 6.24. The second-order valence-electron chi connectivity index (χ2n) is 7.61. The van der Waals surface area contributed by atoms with E-state index in [-0.39, 0.29) is 11.5 Å². The number of nitrogens with zero attached hydrogens (tertiary/aromatic N) is 4. The van der Waals surface area contributed by atoms with Crippen molar-refractivity contribution in [2.24, 2.45) is 0 Å². The number of aromatic nitrogens is 1. The lowest BCUT2D eigenvalue weighted by molar-refractivity contribution is -0.148. The van der Waals surface area contributed by atoms with E-state index in [9.17, 15) is 4.79 Å². The Morgan fingerprint density at radius 2 is 2.08 bits per heavy atom. The number of rotatable bonds is 4. The van der Waals surface area contributed by atoms with E-state index in [1.54, 1.807) is 4.90 Å². The summed E-state index contributed by atoms with van der Waals surface area (Å²) in [6.07, 6.45) is 2.15. The average Bonchev–Trinajstić information content (AvgIpc) is 2.55. The molecule has 2 fully saturated rings. The summed E-state index contributed by atoms with van der Waals surface area (Å²) in [5.41, 5.74) is 2.03. The zero-order valence-corrected chi connectivity index (χ0v) is 15.7. The number of amides is 1. The van der Waals surface area contributed by atoms with Gasteiger partial charge in [0.15, 0.2) is 0 Å². The molecule has 0 N–H and O–H groups in total. The molecule has 1 aromatic heterocycles. The van der Waals surface area contributed by atoms with Crippen LogP contribution in [0.2, 0.25) is 0 Å². The maximum atomic E-state index is 12.0. The van der Waals surface area contributed by atoms with Crippen molar-refractivity contribution in [2.45, 2.75) is 31.9 Å². The Balaban J connectivity index is 1.62. The molecule has 0 unspecified atom stereocenters. The molecule has 6 nitrogen and oxygen atoms in total. The first-order chi connectivity index (χ1) is 12.0. The number of likely N-dealkylation sites (N-methyl/N-ethyl adjacent to an activating group) is 1. The molecule has 0 bridgehead atoms. The first-order valence-corrected chi connectivity index (χ1v) is 9.17. The van der Waals surface area contributed by atoms with Crippen molar-refractivity contribution in [3.8, 4) is 0 Å². The van der Waals surface area contributed by atoms with Crippen LogP contribution < -0.4 is 0 Å². The molecule has 138 valence electrons. The van der Waals surface area contributed by atoms with Gasteiger partial charge in [0, 0.05) is 46.0 Å². The lowest BCUT2D eigenvalue weighted by Gasteiger charge is -2.48. The van der Waals surface area contributed by atoms with E-state index < -0.39 is 0 Å². The minimum atomic E-state index is -0.146. The maximum absolute atomic E-state index is 12.0. The van der Waals surface area contributed by atoms with E-state index in [1.165, 1.54) is 0 Å². The van der Waals surface area contributed by atoms with Crippen LogP contribution in [0.3, 0.4) is 0 Å². The van der Waals surface area contributed by atoms with E-state index in [2.05, 4.69) is 26.9 Å². The highest BCUT2D eigenvalue weighted by Crippen LogP contribution is 2.29. The second-order valence-corrected chi connectivity index (χ2v) is 7.61. The summed E-state index contributed by atoms with van der Waals surface area (Å²) in [6.45, 7) is 7.80. The zero-order chi connectivity index (χ0) is 17.9. The fourth-order valence-electron chi connectivity index (χ4n) is 3.88. The van der Waals surface area contributed by atoms with Crippen molar-refractivity contribution in [2.75, 3.05) is 53.4 Å². The number of likely N-dealkylation sites (tertiary alicyclic amines) is 1. The minimum absolute atomic E-state index is 0.146. The van der Waals surface area contributed by atoms with Crippen molar-refractivity contribution < 1.29 is 9.53 Å². The molecule has 2 saturated heterocycles. The van der Waals surface area contributed by atoms with Crippen LogP contribution in [-0.4, -0.2) is 84.6 Å². The van der Waals surface area contributed by atoms with Gasteiger partial charge in [-0.05, 0) is 38.4 Å². The molecule has 1 aromatic rings. The SMILES string of the molecule is Cc1cccc(CN2CCO[C@@]3(CCCN(CC(=O)N(C)C)C3)C2)n1. The predicted molar refractivity (Wildman–Crippen MR) is 97.3 cm³/mol. The summed E-state index contributed by atoms with van der Waals surface area (Å²) in [5, 5.41) is 0. The molecular weight excluding hydrogens is 316 g/mol. The summed E-state index contributed by atoms with van der Waals surface area (Å²) in [5.74, 6) is 0.161. The quantitative estimate of drug-likeness (QED) is 0.818. The Morgan fingerprint density at radius 3 is 2.84 bits per heavy atom. The van der Waals surface area contributed by atoms with E-state index in [0.29, 0.717) is 6.54 Å². The summed E-state index contributed by atoms with van der Waals surface area (Å²) in [7, 11) is 3.63. The number of carbonyl (C=O) groups excluding carboxylic acids is 1. The molecule has 1 atom stereocenters. The Morgan fingerprint density at radius 1 is 1.28 bits per heavy atom. The summed E-state index contributed by atoms with van der Waals surface area (Å²) >= 11 is 0. The smallest absolute Gasteiger partial charge is 0.236 e. The third kappa shape index (κ3) is 4.77. The summed E-state index contributed by atoms with van der Waals surface area (Å²) in [6, 6.07) is 6.20. The van der Waals surface area contributed by atoms with Crippen LogP contribution in [0, 0.1) is 6.92 Å². The molecule has 1 amide bonds. The highest BCUT2D eigenvalue weighted by Gasteiger charge is 2.40. The molecule has 0 aromatic carbocycles.